The summed E-state index contributed by atoms with van der Waals surface area (Å²) in [7, 11) is 0. The van der Waals surface area contributed by atoms with Crippen molar-refractivity contribution in [2.75, 3.05) is 18.4 Å². The monoisotopic (exact) mass is 500 g/mol. The van der Waals surface area contributed by atoms with Crippen molar-refractivity contribution in [3.8, 4) is 17.3 Å². The fourth-order valence-corrected chi connectivity index (χ4v) is 4.33. The van der Waals surface area contributed by atoms with Gasteiger partial charge in [-0.15, -0.1) is 0 Å². The third-order valence-electron chi connectivity index (χ3n) is 6.24. The van der Waals surface area contributed by atoms with Gasteiger partial charge < -0.3 is 15.0 Å². The van der Waals surface area contributed by atoms with Crippen LogP contribution in [0.1, 0.15) is 43.0 Å². The molecule has 1 aliphatic heterocycles. The Morgan fingerprint density at radius 2 is 2.00 bits per heavy atom. The maximum absolute atomic E-state index is 14.4. The summed E-state index contributed by atoms with van der Waals surface area (Å²) in [4.78, 5) is 31.7. The standard InChI is InChI=1S/C25H27F3N6O2/c1-4-34(24(35)14(2)18-11-21(36-25(27)28)31-12-20(18)26)13-17-7-6-16-10-19(15(3)32-22(16)33-17)23-29-8-5-9-30-23/h5,8-12,14,17,25H,4,6-7,13H2,1-3H3,(H,32,33)/t14-,17-/m1/s1. The maximum Gasteiger partial charge on any atom is 0.388 e. The number of fused-ring (bicyclic) bond motifs is 1. The Labute approximate surface area is 207 Å². The second-order valence-electron chi connectivity index (χ2n) is 8.60. The van der Waals surface area contributed by atoms with Gasteiger partial charge in [0.05, 0.1) is 17.8 Å². The van der Waals surface area contributed by atoms with Gasteiger partial charge in [0.1, 0.15) is 11.6 Å². The number of alkyl halides is 2. The summed E-state index contributed by atoms with van der Waals surface area (Å²) in [5.74, 6) is -1.03. The molecule has 0 radical (unpaired) electrons. The van der Waals surface area contributed by atoms with Crippen LogP contribution in [0.25, 0.3) is 11.4 Å². The highest BCUT2D eigenvalue weighted by molar-refractivity contribution is 5.83. The average molecular weight is 501 g/mol. The maximum atomic E-state index is 14.4. The first-order valence-corrected chi connectivity index (χ1v) is 11.7. The zero-order chi connectivity index (χ0) is 25.8. The number of amides is 1. The molecule has 0 fully saturated rings. The van der Waals surface area contributed by atoms with E-state index in [1.807, 2.05) is 19.9 Å². The zero-order valence-electron chi connectivity index (χ0n) is 20.2. The largest absolute Gasteiger partial charge is 0.417 e. The van der Waals surface area contributed by atoms with Crippen molar-refractivity contribution in [2.45, 2.75) is 52.2 Å². The molecule has 0 saturated carbocycles. The molecular formula is C25H27F3N6O2. The molecule has 4 rings (SSSR count). The van der Waals surface area contributed by atoms with Gasteiger partial charge in [0.2, 0.25) is 11.8 Å². The highest BCUT2D eigenvalue weighted by atomic mass is 19.3. The number of carbonyl (C=O) groups excluding carboxylic acids is 1. The van der Waals surface area contributed by atoms with Crippen molar-refractivity contribution in [1.29, 1.82) is 0 Å². The summed E-state index contributed by atoms with van der Waals surface area (Å²) in [5.41, 5.74) is 2.68. The molecule has 0 aliphatic carbocycles. The van der Waals surface area contributed by atoms with Crippen LogP contribution in [0.5, 0.6) is 5.88 Å². The van der Waals surface area contributed by atoms with E-state index in [4.69, 9.17) is 4.98 Å². The zero-order valence-corrected chi connectivity index (χ0v) is 20.2. The minimum absolute atomic E-state index is 0.0426. The van der Waals surface area contributed by atoms with Crippen LogP contribution in [-0.2, 0) is 11.2 Å². The molecule has 0 unspecified atom stereocenters. The van der Waals surface area contributed by atoms with Crippen molar-refractivity contribution < 1.29 is 22.7 Å². The molecule has 3 aromatic rings. The Bertz CT molecular complexity index is 1230. The van der Waals surface area contributed by atoms with Crippen LogP contribution in [0.2, 0.25) is 0 Å². The van der Waals surface area contributed by atoms with E-state index in [1.165, 1.54) is 6.92 Å². The molecule has 0 aromatic carbocycles. The average Bonchev–Trinajstić information content (AvgIpc) is 2.87. The molecule has 1 amide bonds. The highest BCUT2D eigenvalue weighted by Gasteiger charge is 2.28. The molecule has 2 atom stereocenters. The molecule has 11 heteroatoms. The van der Waals surface area contributed by atoms with E-state index >= 15 is 0 Å². The number of aryl methyl sites for hydroxylation is 2. The normalized spacial score (nSPS) is 15.7. The van der Waals surface area contributed by atoms with E-state index in [0.717, 1.165) is 47.7 Å². The second-order valence-corrected chi connectivity index (χ2v) is 8.60. The summed E-state index contributed by atoms with van der Waals surface area (Å²) < 4.78 is 43.8. The number of hydrogen-bond donors (Lipinski definition) is 1. The van der Waals surface area contributed by atoms with Crippen molar-refractivity contribution in [3.05, 3.63) is 59.4 Å². The van der Waals surface area contributed by atoms with Crippen LogP contribution in [-0.4, -0.2) is 56.5 Å². The summed E-state index contributed by atoms with van der Waals surface area (Å²) in [6, 6.07) is 4.80. The van der Waals surface area contributed by atoms with Gasteiger partial charge in [-0.3, -0.25) is 4.79 Å². The Kier molecular flexibility index (Phi) is 7.66. The molecular weight excluding hydrogens is 473 g/mol. The minimum atomic E-state index is -3.09. The van der Waals surface area contributed by atoms with Gasteiger partial charge in [0.25, 0.3) is 0 Å². The van der Waals surface area contributed by atoms with Crippen molar-refractivity contribution in [3.63, 3.8) is 0 Å². The fourth-order valence-electron chi connectivity index (χ4n) is 4.33. The molecule has 1 N–H and O–H groups in total. The number of ether oxygens (including phenoxy) is 1. The van der Waals surface area contributed by atoms with E-state index < -0.39 is 24.2 Å². The van der Waals surface area contributed by atoms with Crippen LogP contribution in [0, 0.1) is 12.7 Å². The quantitative estimate of drug-likeness (QED) is 0.491. The Morgan fingerprint density at radius 3 is 2.69 bits per heavy atom. The van der Waals surface area contributed by atoms with Gasteiger partial charge in [0, 0.05) is 48.7 Å². The van der Waals surface area contributed by atoms with Crippen LogP contribution >= 0.6 is 0 Å². The SMILES string of the molecule is CCN(C[C@H]1CCc2cc(-c3ncccn3)c(C)nc2N1)C(=O)[C@H](C)c1cc(OC(F)F)ncc1F. The number of nitrogens with zero attached hydrogens (tertiary/aromatic N) is 5. The molecule has 0 spiro atoms. The summed E-state index contributed by atoms with van der Waals surface area (Å²) in [5, 5.41) is 3.42. The lowest BCUT2D eigenvalue weighted by atomic mass is 9.96. The molecule has 190 valence electrons. The predicted octanol–water partition coefficient (Wildman–Crippen LogP) is 4.36. The Hall–Kier alpha value is -3.76. The van der Waals surface area contributed by atoms with Gasteiger partial charge >= 0.3 is 6.61 Å². The van der Waals surface area contributed by atoms with Crippen molar-refractivity contribution in [1.82, 2.24) is 24.8 Å². The van der Waals surface area contributed by atoms with E-state index in [0.29, 0.717) is 18.9 Å². The molecule has 0 bridgehead atoms. The summed E-state index contributed by atoms with van der Waals surface area (Å²) in [6.45, 7) is 2.97. The number of nitrogens with one attached hydrogen (secondary N) is 1. The van der Waals surface area contributed by atoms with E-state index in [1.54, 1.807) is 23.4 Å². The van der Waals surface area contributed by atoms with Gasteiger partial charge in [0.15, 0.2) is 5.82 Å². The molecule has 4 heterocycles. The Morgan fingerprint density at radius 1 is 1.25 bits per heavy atom. The number of hydrogen-bond acceptors (Lipinski definition) is 7. The van der Waals surface area contributed by atoms with Crippen molar-refractivity contribution >= 4 is 11.7 Å². The number of halogens is 3. The second kappa shape index (κ2) is 10.9. The third-order valence-corrected chi connectivity index (χ3v) is 6.24. The molecule has 8 nitrogen and oxygen atoms in total. The van der Waals surface area contributed by atoms with Crippen molar-refractivity contribution in [2.24, 2.45) is 0 Å². The number of anilines is 1. The van der Waals surface area contributed by atoms with Crippen LogP contribution in [0.15, 0.2) is 36.8 Å². The number of carbonyl (C=O) groups is 1. The first-order chi connectivity index (χ1) is 17.3. The van der Waals surface area contributed by atoms with Crippen LogP contribution < -0.4 is 10.1 Å². The number of aromatic nitrogens is 4. The molecule has 0 saturated heterocycles. The number of pyridine rings is 2. The number of rotatable bonds is 8. The van der Waals surface area contributed by atoms with Gasteiger partial charge in [-0.25, -0.2) is 24.3 Å². The summed E-state index contributed by atoms with van der Waals surface area (Å²) in [6.07, 6.45) is 5.69. The lowest BCUT2D eigenvalue weighted by Crippen LogP contribution is -2.43. The van der Waals surface area contributed by atoms with Gasteiger partial charge in [-0.2, -0.15) is 8.78 Å². The predicted molar refractivity (Wildman–Crippen MR) is 127 cm³/mol. The highest BCUT2D eigenvalue weighted by Crippen LogP contribution is 2.30. The fraction of sp³-hybridized carbons (Fsp3) is 0.400. The Balaban J connectivity index is 1.47. The van der Waals surface area contributed by atoms with E-state index in [2.05, 4.69) is 25.0 Å². The minimum Gasteiger partial charge on any atom is -0.417 e. The van der Waals surface area contributed by atoms with E-state index in [9.17, 15) is 18.0 Å². The number of likely N-dealkylation sites (N-methyl/N-ethyl adjacent to an activating group) is 1. The van der Waals surface area contributed by atoms with Crippen LogP contribution in [0.3, 0.4) is 0 Å². The lowest BCUT2D eigenvalue weighted by molar-refractivity contribution is -0.132. The molecule has 1 aliphatic rings. The topological polar surface area (TPSA) is 93.1 Å². The smallest absolute Gasteiger partial charge is 0.388 e. The first-order valence-electron chi connectivity index (χ1n) is 11.7. The molecule has 3 aromatic heterocycles. The van der Waals surface area contributed by atoms with E-state index in [-0.39, 0.29) is 17.5 Å². The molecule has 36 heavy (non-hydrogen) atoms. The third kappa shape index (κ3) is 5.55. The van der Waals surface area contributed by atoms with Gasteiger partial charge in [-0.05, 0) is 51.3 Å². The van der Waals surface area contributed by atoms with Gasteiger partial charge in [-0.1, -0.05) is 0 Å². The lowest BCUT2D eigenvalue weighted by Gasteiger charge is -2.33. The van der Waals surface area contributed by atoms with Crippen LogP contribution in [0.4, 0.5) is 19.0 Å². The first kappa shape index (κ1) is 25.3. The summed E-state index contributed by atoms with van der Waals surface area (Å²) >= 11 is 0.